The van der Waals surface area contributed by atoms with Gasteiger partial charge in [0.25, 0.3) is 0 Å². The van der Waals surface area contributed by atoms with Gasteiger partial charge in [0.15, 0.2) is 6.29 Å². The molecule has 1 unspecified atom stereocenters. The third-order valence-electron chi connectivity index (χ3n) is 1.73. The van der Waals surface area contributed by atoms with Crippen molar-refractivity contribution in [1.82, 2.24) is 0 Å². The topological polar surface area (TPSA) is 58.9 Å². The van der Waals surface area contributed by atoms with E-state index in [1.54, 1.807) is 0 Å². The number of aliphatic hydroxyl groups excluding tert-OH is 2. The van der Waals surface area contributed by atoms with Gasteiger partial charge in [0.2, 0.25) is 0 Å². The van der Waals surface area contributed by atoms with E-state index in [1.807, 2.05) is 0 Å². The molecule has 0 amide bonds. The number of methoxy groups -OCH3 is 1. The van der Waals surface area contributed by atoms with Crippen LogP contribution in [-0.4, -0.2) is 42.4 Å². The fourth-order valence-electron chi connectivity index (χ4n) is 1.05. The molecule has 2 N–H and O–H groups in total. The number of rotatable bonds is 2. The van der Waals surface area contributed by atoms with Gasteiger partial charge in [-0.2, -0.15) is 0 Å². The third-order valence-corrected chi connectivity index (χ3v) is 1.73. The van der Waals surface area contributed by atoms with Gasteiger partial charge >= 0.3 is 0 Å². The van der Waals surface area contributed by atoms with Crippen LogP contribution in [0.5, 0.6) is 0 Å². The fourth-order valence-corrected chi connectivity index (χ4v) is 1.05. The zero-order chi connectivity index (χ0) is 8.43. The lowest BCUT2D eigenvalue weighted by atomic mass is 10.1. The summed E-state index contributed by atoms with van der Waals surface area (Å²) in [5.74, 6) is 0. The highest BCUT2D eigenvalue weighted by Crippen LogP contribution is 2.24. The second-order valence-corrected chi connectivity index (χ2v) is 2.44. The Labute approximate surface area is 65.0 Å². The average molecular weight is 160 g/mol. The van der Waals surface area contributed by atoms with E-state index in [1.165, 1.54) is 7.11 Å². The van der Waals surface area contributed by atoms with Crippen molar-refractivity contribution in [3.63, 3.8) is 0 Å². The molecule has 1 fully saturated rings. The van der Waals surface area contributed by atoms with Crippen LogP contribution in [0.1, 0.15) is 0 Å². The predicted molar refractivity (Wildman–Crippen MR) is 37.9 cm³/mol. The molecule has 0 bridgehead atoms. The highest BCUT2D eigenvalue weighted by atomic mass is 16.7. The van der Waals surface area contributed by atoms with E-state index in [0.29, 0.717) is 5.57 Å². The molecule has 1 aliphatic rings. The molecule has 0 radical (unpaired) electrons. The molecule has 0 aliphatic carbocycles. The first kappa shape index (κ1) is 8.67. The van der Waals surface area contributed by atoms with Gasteiger partial charge < -0.3 is 19.7 Å². The summed E-state index contributed by atoms with van der Waals surface area (Å²) in [7, 11) is 1.46. The Morgan fingerprint density at radius 3 is 2.64 bits per heavy atom. The summed E-state index contributed by atoms with van der Waals surface area (Å²) in [5.41, 5.74) is 0.464. The first-order valence-corrected chi connectivity index (χ1v) is 3.36. The van der Waals surface area contributed by atoms with Crippen LogP contribution in [0.25, 0.3) is 0 Å². The molecule has 3 atom stereocenters. The van der Waals surface area contributed by atoms with Gasteiger partial charge in [-0.05, 0) is 0 Å². The van der Waals surface area contributed by atoms with Crippen molar-refractivity contribution in [3.8, 4) is 0 Å². The van der Waals surface area contributed by atoms with Crippen molar-refractivity contribution in [1.29, 1.82) is 0 Å². The zero-order valence-corrected chi connectivity index (χ0v) is 6.36. The summed E-state index contributed by atoms with van der Waals surface area (Å²) < 4.78 is 9.90. The van der Waals surface area contributed by atoms with E-state index in [4.69, 9.17) is 14.6 Å². The Morgan fingerprint density at radius 2 is 2.36 bits per heavy atom. The number of aliphatic hydroxyl groups is 2. The third kappa shape index (κ3) is 1.44. The first-order chi connectivity index (χ1) is 5.20. The minimum Gasteiger partial charge on any atom is -0.394 e. The predicted octanol–water partition coefficient (Wildman–Crippen LogP) is -0.733. The molecule has 1 aliphatic heterocycles. The van der Waals surface area contributed by atoms with Crippen molar-refractivity contribution in [2.24, 2.45) is 0 Å². The largest absolute Gasteiger partial charge is 0.394 e. The summed E-state index contributed by atoms with van der Waals surface area (Å²) in [6.07, 6.45) is -1.99. The molecule has 0 spiro atoms. The minimum atomic E-state index is -0.815. The Morgan fingerprint density at radius 1 is 1.73 bits per heavy atom. The summed E-state index contributed by atoms with van der Waals surface area (Å²) in [5, 5.41) is 18.0. The number of hydrogen-bond donors (Lipinski definition) is 2. The van der Waals surface area contributed by atoms with Crippen molar-refractivity contribution < 1.29 is 19.7 Å². The van der Waals surface area contributed by atoms with Crippen LogP contribution in [0.3, 0.4) is 0 Å². The summed E-state index contributed by atoms with van der Waals surface area (Å²) in [6, 6.07) is 0. The molecule has 0 aromatic carbocycles. The van der Waals surface area contributed by atoms with Crippen molar-refractivity contribution in [3.05, 3.63) is 12.2 Å². The second-order valence-electron chi connectivity index (χ2n) is 2.44. The SMILES string of the molecule is C=C1C(OC)O[C@H](CO)[C@H]1O. The van der Waals surface area contributed by atoms with Crippen LogP contribution in [-0.2, 0) is 9.47 Å². The molecule has 1 rings (SSSR count). The molecule has 64 valence electrons. The molecule has 1 saturated heterocycles. The van der Waals surface area contributed by atoms with E-state index in [9.17, 15) is 5.11 Å². The van der Waals surface area contributed by atoms with Crippen LogP contribution < -0.4 is 0 Å². The van der Waals surface area contributed by atoms with Gasteiger partial charge in [-0.15, -0.1) is 0 Å². The van der Waals surface area contributed by atoms with Crippen LogP contribution in [0.4, 0.5) is 0 Å². The monoisotopic (exact) mass is 160 g/mol. The van der Waals surface area contributed by atoms with Crippen LogP contribution in [0, 0.1) is 0 Å². The van der Waals surface area contributed by atoms with Gasteiger partial charge in [0, 0.05) is 12.7 Å². The summed E-state index contributed by atoms with van der Waals surface area (Å²) >= 11 is 0. The smallest absolute Gasteiger partial charge is 0.182 e. The van der Waals surface area contributed by atoms with Crippen LogP contribution in [0.15, 0.2) is 12.2 Å². The summed E-state index contributed by atoms with van der Waals surface area (Å²) in [6.45, 7) is 3.35. The van der Waals surface area contributed by atoms with E-state index in [2.05, 4.69) is 6.58 Å². The standard InChI is InChI=1S/C7H12O4/c1-4-6(9)5(3-8)11-7(4)10-2/h5-9H,1,3H2,2H3/t5-,6+,7?/m1/s1. The van der Waals surface area contributed by atoms with Crippen LogP contribution >= 0.6 is 0 Å². The van der Waals surface area contributed by atoms with Crippen molar-refractivity contribution in [2.45, 2.75) is 18.5 Å². The zero-order valence-electron chi connectivity index (χ0n) is 6.36. The van der Waals surface area contributed by atoms with E-state index in [-0.39, 0.29) is 6.61 Å². The normalized spacial score (nSPS) is 38.1. The molecule has 0 saturated carbocycles. The Balaban J connectivity index is 2.61. The van der Waals surface area contributed by atoms with Gasteiger partial charge in [0.1, 0.15) is 12.2 Å². The molecule has 4 nitrogen and oxygen atoms in total. The average Bonchev–Trinajstić information content (AvgIpc) is 2.30. The highest BCUT2D eigenvalue weighted by Gasteiger charge is 2.36. The maximum Gasteiger partial charge on any atom is 0.182 e. The van der Waals surface area contributed by atoms with Gasteiger partial charge in [-0.1, -0.05) is 6.58 Å². The quantitative estimate of drug-likeness (QED) is 0.523. The molecular weight excluding hydrogens is 148 g/mol. The Kier molecular flexibility index (Phi) is 2.62. The van der Waals surface area contributed by atoms with Gasteiger partial charge in [-0.3, -0.25) is 0 Å². The molecule has 4 heteroatoms. The molecule has 0 aromatic heterocycles. The van der Waals surface area contributed by atoms with Gasteiger partial charge in [-0.25, -0.2) is 0 Å². The fraction of sp³-hybridized carbons (Fsp3) is 0.714. The molecule has 1 heterocycles. The molecule has 0 aromatic rings. The van der Waals surface area contributed by atoms with Gasteiger partial charge in [0.05, 0.1) is 6.61 Å². The van der Waals surface area contributed by atoms with E-state index < -0.39 is 18.5 Å². The first-order valence-electron chi connectivity index (χ1n) is 3.36. The minimum absolute atomic E-state index is 0.222. The molecule has 11 heavy (non-hydrogen) atoms. The van der Waals surface area contributed by atoms with E-state index >= 15 is 0 Å². The maximum atomic E-state index is 9.29. The number of ether oxygens (including phenoxy) is 2. The maximum absolute atomic E-state index is 9.29. The lowest BCUT2D eigenvalue weighted by molar-refractivity contribution is -0.118. The lowest BCUT2D eigenvalue weighted by Gasteiger charge is -2.08. The number of hydrogen-bond acceptors (Lipinski definition) is 4. The Bertz CT molecular complexity index is 153. The van der Waals surface area contributed by atoms with Crippen molar-refractivity contribution in [2.75, 3.05) is 13.7 Å². The highest BCUT2D eigenvalue weighted by molar-refractivity contribution is 5.13. The van der Waals surface area contributed by atoms with Crippen molar-refractivity contribution >= 4 is 0 Å². The molecular formula is C7H12O4. The van der Waals surface area contributed by atoms with E-state index in [0.717, 1.165) is 0 Å². The summed E-state index contributed by atoms with van der Waals surface area (Å²) in [4.78, 5) is 0. The lowest BCUT2D eigenvalue weighted by Crippen LogP contribution is -2.25. The Hall–Kier alpha value is -0.420. The second kappa shape index (κ2) is 3.32. The van der Waals surface area contributed by atoms with Crippen LogP contribution in [0.2, 0.25) is 0 Å².